The van der Waals surface area contributed by atoms with Crippen LogP contribution >= 0.6 is 10.7 Å². The summed E-state index contributed by atoms with van der Waals surface area (Å²) in [7, 11) is 2.37. The molecule has 8 heteroatoms. The van der Waals surface area contributed by atoms with Crippen molar-refractivity contribution < 1.29 is 22.0 Å². The molecule has 2 rings (SSSR count). The van der Waals surface area contributed by atoms with Crippen molar-refractivity contribution in [2.24, 2.45) is 0 Å². The van der Waals surface area contributed by atoms with Crippen molar-refractivity contribution >= 4 is 25.6 Å². The van der Waals surface area contributed by atoms with Crippen LogP contribution in [0.25, 0.3) is 0 Å². The monoisotopic (exact) mass is 337 g/mol. The molecule has 21 heavy (non-hydrogen) atoms. The van der Waals surface area contributed by atoms with Crippen molar-refractivity contribution in [2.75, 3.05) is 7.05 Å². The van der Waals surface area contributed by atoms with E-state index in [-0.39, 0.29) is 6.04 Å². The number of nitrogens with zero attached hydrogens (tertiary/aromatic N) is 1. The van der Waals surface area contributed by atoms with E-state index in [0.717, 1.165) is 25.7 Å². The Morgan fingerprint density at radius 2 is 1.76 bits per heavy atom. The zero-order chi connectivity index (χ0) is 15.8. The summed E-state index contributed by atoms with van der Waals surface area (Å²) < 4.78 is 49.5. The van der Waals surface area contributed by atoms with Crippen LogP contribution in [0.3, 0.4) is 0 Å². The van der Waals surface area contributed by atoms with Crippen molar-refractivity contribution in [3.05, 3.63) is 29.3 Å². The molecule has 1 aromatic rings. The molecule has 0 spiro atoms. The fourth-order valence-corrected chi connectivity index (χ4v) is 3.58. The molecule has 1 aliphatic rings. The van der Waals surface area contributed by atoms with Crippen LogP contribution < -0.4 is 0 Å². The molecule has 0 aliphatic heterocycles. The predicted octanol–water partition coefficient (Wildman–Crippen LogP) is 2.91. The third-order valence-electron chi connectivity index (χ3n) is 3.71. The third-order valence-corrected chi connectivity index (χ3v) is 5.07. The van der Waals surface area contributed by atoms with Crippen LogP contribution in [-0.2, 0) is 9.05 Å². The predicted molar refractivity (Wildman–Crippen MR) is 73.7 cm³/mol. The molecule has 0 atom stereocenters. The van der Waals surface area contributed by atoms with Crippen LogP contribution in [0.5, 0.6) is 0 Å². The highest BCUT2D eigenvalue weighted by molar-refractivity contribution is 8.13. The minimum atomic E-state index is -4.36. The maximum atomic E-state index is 13.4. The summed E-state index contributed by atoms with van der Waals surface area (Å²) >= 11 is 0. The molecule has 0 bridgehead atoms. The van der Waals surface area contributed by atoms with Crippen LogP contribution in [0, 0.1) is 11.6 Å². The first-order valence-corrected chi connectivity index (χ1v) is 8.73. The van der Waals surface area contributed by atoms with Crippen LogP contribution in [-0.4, -0.2) is 32.3 Å². The maximum absolute atomic E-state index is 13.4. The van der Waals surface area contributed by atoms with Gasteiger partial charge in [0, 0.05) is 23.8 Å². The molecule has 0 aromatic heterocycles. The van der Waals surface area contributed by atoms with E-state index in [2.05, 4.69) is 0 Å². The molecular weight excluding hydrogens is 324 g/mol. The van der Waals surface area contributed by atoms with Gasteiger partial charge in [0.25, 0.3) is 15.0 Å². The highest BCUT2D eigenvalue weighted by Gasteiger charge is 2.29. The van der Waals surface area contributed by atoms with E-state index in [9.17, 15) is 22.0 Å². The lowest BCUT2D eigenvalue weighted by Gasteiger charge is -2.25. The lowest BCUT2D eigenvalue weighted by molar-refractivity contribution is 0.0730. The molecule has 0 heterocycles. The van der Waals surface area contributed by atoms with Gasteiger partial charge in [-0.15, -0.1) is 0 Å². The van der Waals surface area contributed by atoms with Gasteiger partial charge >= 0.3 is 0 Å². The Morgan fingerprint density at radius 3 is 2.29 bits per heavy atom. The minimum Gasteiger partial charge on any atom is -0.339 e. The second-order valence-electron chi connectivity index (χ2n) is 5.05. The first-order valence-electron chi connectivity index (χ1n) is 6.42. The Bertz CT molecular complexity index is 672. The van der Waals surface area contributed by atoms with E-state index in [1.54, 1.807) is 0 Å². The van der Waals surface area contributed by atoms with E-state index >= 15 is 0 Å². The summed E-state index contributed by atoms with van der Waals surface area (Å²) in [6, 6.07) is 0.989. The Kier molecular flexibility index (Phi) is 4.53. The number of halogens is 3. The Balaban J connectivity index is 2.46. The Labute approximate surface area is 126 Å². The second-order valence-corrected chi connectivity index (χ2v) is 7.59. The summed E-state index contributed by atoms with van der Waals surface area (Å²) in [5.74, 6) is -3.34. The van der Waals surface area contributed by atoms with Crippen molar-refractivity contribution in [1.29, 1.82) is 0 Å². The van der Waals surface area contributed by atoms with Crippen molar-refractivity contribution in [1.82, 2.24) is 4.90 Å². The average Bonchev–Trinajstić information content (AvgIpc) is 2.92. The fraction of sp³-hybridized carbons (Fsp3) is 0.462. The van der Waals surface area contributed by atoms with Gasteiger partial charge in [-0.2, -0.15) is 0 Å². The van der Waals surface area contributed by atoms with Gasteiger partial charge in [-0.25, -0.2) is 17.2 Å². The van der Waals surface area contributed by atoms with Crippen molar-refractivity contribution in [3.8, 4) is 0 Å². The van der Waals surface area contributed by atoms with Crippen LogP contribution in [0.4, 0.5) is 8.78 Å². The van der Waals surface area contributed by atoms with Crippen LogP contribution in [0.15, 0.2) is 17.0 Å². The van der Waals surface area contributed by atoms with Gasteiger partial charge in [0.05, 0.1) is 10.5 Å². The summed E-state index contributed by atoms with van der Waals surface area (Å²) in [6.45, 7) is 0. The molecular formula is C13H14ClF2NO3S. The Morgan fingerprint density at radius 1 is 1.24 bits per heavy atom. The smallest absolute Gasteiger partial charge is 0.262 e. The number of benzene rings is 1. The van der Waals surface area contributed by atoms with E-state index in [1.165, 1.54) is 11.9 Å². The highest BCUT2D eigenvalue weighted by atomic mass is 35.7. The lowest BCUT2D eigenvalue weighted by atomic mass is 10.1. The number of hydrogen-bond acceptors (Lipinski definition) is 3. The molecule has 1 fully saturated rings. The molecule has 0 radical (unpaired) electrons. The largest absolute Gasteiger partial charge is 0.339 e. The Hall–Kier alpha value is -1.21. The molecule has 1 saturated carbocycles. The molecule has 4 nitrogen and oxygen atoms in total. The molecule has 0 N–H and O–H groups in total. The van der Waals surface area contributed by atoms with E-state index in [1.807, 2.05) is 0 Å². The topological polar surface area (TPSA) is 54.5 Å². The van der Waals surface area contributed by atoms with Gasteiger partial charge in [-0.05, 0) is 25.0 Å². The normalized spacial score (nSPS) is 16.2. The summed E-state index contributed by atoms with van der Waals surface area (Å²) in [5, 5.41) is 0. The first-order chi connectivity index (χ1) is 9.71. The molecule has 1 aromatic carbocycles. The molecule has 0 unspecified atom stereocenters. The van der Waals surface area contributed by atoms with E-state index in [0.29, 0.717) is 12.1 Å². The van der Waals surface area contributed by atoms with Crippen molar-refractivity contribution in [3.63, 3.8) is 0 Å². The second kappa shape index (κ2) is 5.88. The lowest BCUT2D eigenvalue weighted by Crippen LogP contribution is -2.35. The van der Waals surface area contributed by atoms with Crippen LogP contribution in [0.2, 0.25) is 0 Å². The SMILES string of the molecule is CN(C(=O)c1cc(F)c(F)cc1S(=O)(=O)Cl)C1CCCC1. The maximum Gasteiger partial charge on any atom is 0.262 e. The molecule has 116 valence electrons. The minimum absolute atomic E-state index is 0.0310. The zero-order valence-corrected chi connectivity index (χ0v) is 12.8. The van der Waals surface area contributed by atoms with Gasteiger partial charge in [-0.3, -0.25) is 4.79 Å². The zero-order valence-electron chi connectivity index (χ0n) is 11.3. The summed E-state index contributed by atoms with van der Waals surface area (Å²) in [6.07, 6.45) is 3.55. The number of amides is 1. The standard InChI is InChI=1S/C13H14ClF2NO3S/c1-17(8-4-2-3-5-8)13(18)9-6-10(15)11(16)7-12(9)21(14,19)20/h6-8H,2-5H2,1H3. The molecule has 1 amide bonds. The quantitative estimate of drug-likeness (QED) is 0.797. The average molecular weight is 338 g/mol. The van der Waals surface area contributed by atoms with Crippen LogP contribution in [0.1, 0.15) is 36.0 Å². The third kappa shape index (κ3) is 3.35. The number of carbonyl (C=O) groups is 1. The summed E-state index contributed by atoms with van der Waals surface area (Å²) in [4.78, 5) is 13.0. The number of hydrogen-bond donors (Lipinski definition) is 0. The number of rotatable bonds is 3. The summed E-state index contributed by atoms with van der Waals surface area (Å²) in [5.41, 5.74) is -0.446. The van der Waals surface area contributed by atoms with E-state index in [4.69, 9.17) is 10.7 Å². The first kappa shape index (κ1) is 16.2. The molecule has 1 aliphatic carbocycles. The fourth-order valence-electron chi connectivity index (χ4n) is 2.54. The van der Waals surface area contributed by atoms with Crippen molar-refractivity contribution in [2.45, 2.75) is 36.6 Å². The van der Waals surface area contributed by atoms with Gasteiger partial charge in [0.15, 0.2) is 11.6 Å². The molecule has 0 saturated heterocycles. The van der Waals surface area contributed by atoms with Gasteiger partial charge < -0.3 is 4.90 Å². The number of carbonyl (C=O) groups excluding carboxylic acids is 1. The van der Waals surface area contributed by atoms with E-state index < -0.39 is 37.1 Å². The van der Waals surface area contributed by atoms with Gasteiger partial charge in [0.2, 0.25) is 0 Å². The highest BCUT2D eigenvalue weighted by Crippen LogP contribution is 2.28. The van der Waals surface area contributed by atoms with Gasteiger partial charge in [-0.1, -0.05) is 12.8 Å². The van der Waals surface area contributed by atoms with Gasteiger partial charge in [0.1, 0.15) is 0 Å².